The molecule has 0 spiro atoms. The monoisotopic (exact) mass is 279 g/mol. The Hall–Kier alpha value is -1.55. The molecule has 1 aromatic carbocycles. The molecule has 1 N–H and O–H groups in total. The summed E-state index contributed by atoms with van der Waals surface area (Å²) < 4.78 is 10.8. The smallest absolute Gasteiger partial charge is 0.251 e. The predicted octanol–water partition coefficient (Wildman–Crippen LogP) is 2.80. The van der Waals surface area contributed by atoms with Gasteiger partial charge in [0.1, 0.15) is 5.75 Å². The van der Waals surface area contributed by atoms with Crippen LogP contribution in [-0.2, 0) is 11.2 Å². The molecular formula is C16H25NO3. The highest BCUT2D eigenvalue weighted by molar-refractivity contribution is 5.94. The van der Waals surface area contributed by atoms with Gasteiger partial charge in [-0.1, -0.05) is 13.0 Å². The second-order valence-electron chi connectivity index (χ2n) is 5.00. The van der Waals surface area contributed by atoms with E-state index in [1.807, 2.05) is 32.0 Å². The van der Waals surface area contributed by atoms with Crippen molar-refractivity contribution in [3.8, 4) is 5.75 Å². The van der Waals surface area contributed by atoms with Crippen molar-refractivity contribution in [3.63, 3.8) is 0 Å². The zero-order valence-corrected chi connectivity index (χ0v) is 12.9. The first-order chi connectivity index (χ1) is 9.58. The number of amides is 1. The van der Waals surface area contributed by atoms with Crippen molar-refractivity contribution in [2.24, 2.45) is 0 Å². The number of carbonyl (C=O) groups is 1. The van der Waals surface area contributed by atoms with Crippen molar-refractivity contribution < 1.29 is 14.3 Å². The number of ether oxygens (including phenoxy) is 2. The maximum Gasteiger partial charge on any atom is 0.251 e. The highest BCUT2D eigenvalue weighted by Crippen LogP contribution is 2.21. The first-order valence-corrected chi connectivity index (χ1v) is 7.14. The zero-order chi connectivity index (χ0) is 15.0. The first-order valence-electron chi connectivity index (χ1n) is 7.14. The minimum Gasteiger partial charge on any atom is -0.493 e. The van der Waals surface area contributed by atoms with Gasteiger partial charge in [-0.05, 0) is 38.0 Å². The summed E-state index contributed by atoms with van der Waals surface area (Å²) in [5.74, 6) is 0.726. The number of methoxy groups -OCH3 is 1. The van der Waals surface area contributed by atoms with Crippen molar-refractivity contribution in [2.75, 3.05) is 20.3 Å². The molecule has 0 saturated carbocycles. The van der Waals surface area contributed by atoms with E-state index in [1.54, 1.807) is 7.11 Å². The van der Waals surface area contributed by atoms with E-state index in [9.17, 15) is 4.79 Å². The summed E-state index contributed by atoms with van der Waals surface area (Å²) in [7, 11) is 1.67. The van der Waals surface area contributed by atoms with Gasteiger partial charge >= 0.3 is 0 Å². The Bertz CT molecular complexity index is 430. The van der Waals surface area contributed by atoms with Crippen LogP contribution in [0.4, 0.5) is 0 Å². The summed E-state index contributed by atoms with van der Waals surface area (Å²) in [5, 5.41) is 2.89. The quantitative estimate of drug-likeness (QED) is 0.744. The molecule has 1 rings (SSSR count). The van der Waals surface area contributed by atoms with E-state index in [-0.39, 0.29) is 11.9 Å². The lowest BCUT2D eigenvalue weighted by Gasteiger charge is -2.13. The fraction of sp³-hybridized carbons (Fsp3) is 0.562. The fourth-order valence-electron chi connectivity index (χ4n) is 1.85. The van der Waals surface area contributed by atoms with Crippen molar-refractivity contribution in [1.29, 1.82) is 0 Å². The number of hydrogen-bond donors (Lipinski definition) is 1. The predicted molar refractivity (Wildman–Crippen MR) is 80.4 cm³/mol. The molecule has 4 heteroatoms. The molecular weight excluding hydrogens is 254 g/mol. The highest BCUT2D eigenvalue weighted by Gasteiger charge is 2.10. The third-order valence-electron chi connectivity index (χ3n) is 2.88. The van der Waals surface area contributed by atoms with Gasteiger partial charge in [0.05, 0.1) is 6.61 Å². The van der Waals surface area contributed by atoms with Crippen molar-refractivity contribution in [2.45, 2.75) is 39.7 Å². The van der Waals surface area contributed by atoms with E-state index >= 15 is 0 Å². The number of aryl methyl sites for hydroxylation is 1. The number of benzene rings is 1. The summed E-state index contributed by atoms with van der Waals surface area (Å²) >= 11 is 0. The van der Waals surface area contributed by atoms with E-state index in [4.69, 9.17) is 9.47 Å². The molecule has 0 fully saturated rings. The van der Waals surface area contributed by atoms with Gasteiger partial charge in [-0.3, -0.25) is 4.79 Å². The van der Waals surface area contributed by atoms with Gasteiger partial charge in [-0.2, -0.15) is 0 Å². The molecule has 0 heterocycles. The van der Waals surface area contributed by atoms with Crippen LogP contribution in [0.15, 0.2) is 18.2 Å². The number of rotatable bonds is 8. The average Bonchev–Trinajstić information content (AvgIpc) is 2.42. The molecule has 0 atom stereocenters. The SMILES string of the molecule is CCc1ccc(C(=O)NC(C)C)cc1OCCCOC. The Morgan fingerprint density at radius 2 is 2.05 bits per heavy atom. The summed E-state index contributed by atoms with van der Waals surface area (Å²) in [6.45, 7) is 7.23. The maximum absolute atomic E-state index is 12.0. The fourth-order valence-corrected chi connectivity index (χ4v) is 1.85. The Morgan fingerprint density at radius 3 is 2.65 bits per heavy atom. The minimum absolute atomic E-state index is 0.0654. The zero-order valence-electron chi connectivity index (χ0n) is 12.9. The average molecular weight is 279 g/mol. The van der Waals surface area contributed by atoms with Gasteiger partial charge < -0.3 is 14.8 Å². The molecule has 0 aliphatic carbocycles. The van der Waals surface area contributed by atoms with E-state index in [0.717, 1.165) is 24.2 Å². The molecule has 0 radical (unpaired) electrons. The lowest BCUT2D eigenvalue weighted by Crippen LogP contribution is -2.30. The maximum atomic E-state index is 12.0. The number of carbonyl (C=O) groups excluding carboxylic acids is 1. The van der Waals surface area contributed by atoms with Gasteiger partial charge in [-0.25, -0.2) is 0 Å². The Labute approximate surface area is 121 Å². The molecule has 0 unspecified atom stereocenters. The van der Waals surface area contributed by atoms with E-state index < -0.39 is 0 Å². The number of hydrogen-bond acceptors (Lipinski definition) is 3. The van der Waals surface area contributed by atoms with Crippen LogP contribution in [0.2, 0.25) is 0 Å². The van der Waals surface area contributed by atoms with Gasteiger partial charge in [0.15, 0.2) is 0 Å². The third kappa shape index (κ3) is 5.21. The molecule has 20 heavy (non-hydrogen) atoms. The van der Waals surface area contributed by atoms with Gasteiger partial charge in [0.25, 0.3) is 5.91 Å². The molecule has 112 valence electrons. The second-order valence-corrected chi connectivity index (χ2v) is 5.00. The Kier molecular flexibility index (Phi) is 7.09. The summed E-state index contributed by atoms with van der Waals surface area (Å²) in [6.07, 6.45) is 1.72. The topological polar surface area (TPSA) is 47.6 Å². The molecule has 0 saturated heterocycles. The molecule has 1 amide bonds. The van der Waals surface area contributed by atoms with Crippen LogP contribution in [0.1, 0.15) is 43.1 Å². The molecule has 0 aliphatic heterocycles. The van der Waals surface area contributed by atoms with E-state index in [2.05, 4.69) is 12.2 Å². The molecule has 0 aromatic heterocycles. The Balaban J connectivity index is 2.77. The van der Waals surface area contributed by atoms with Crippen LogP contribution in [0, 0.1) is 0 Å². The van der Waals surface area contributed by atoms with Gasteiger partial charge in [0.2, 0.25) is 0 Å². The second kappa shape index (κ2) is 8.59. The number of nitrogens with one attached hydrogen (secondary N) is 1. The third-order valence-corrected chi connectivity index (χ3v) is 2.88. The van der Waals surface area contributed by atoms with Gasteiger partial charge in [0, 0.05) is 31.7 Å². The highest BCUT2D eigenvalue weighted by atomic mass is 16.5. The van der Waals surface area contributed by atoms with Crippen LogP contribution in [0.25, 0.3) is 0 Å². The van der Waals surface area contributed by atoms with Crippen LogP contribution in [0.3, 0.4) is 0 Å². The van der Waals surface area contributed by atoms with Crippen molar-refractivity contribution in [3.05, 3.63) is 29.3 Å². The summed E-state index contributed by atoms with van der Waals surface area (Å²) in [5.41, 5.74) is 1.75. The van der Waals surface area contributed by atoms with Crippen molar-refractivity contribution >= 4 is 5.91 Å². The normalized spacial score (nSPS) is 10.7. The lowest BCUT2D eigenvalue weighted by atomic mass is 10.1. The largest absolute Gasteiger partial charge is 0.493 e. The van der Waals surface area contributed by atoms with Crippen molar-refractivity contribution in [1.82, 2.24) is 5.32 Å². The van der Waals surface area contributed by atoms with E-state index in [1.165, 1.54) is 0 Å². The lowest BCUT2D eigenvalue weighted by molar-refractivity contribution is 0.0942. The molecule has 1 aromatic rings. The summed E-state index contributed by atoms with van der Waals surface area (Å²) in [6, 6.07) is 5.75. The molecule has 0 bridgehead atoms. The van der Waals surface area contributed by atoms with E-state index in [0.29, 0.717) is 18.8 Å². The Morgan fingerprint density at radius 1 is 1.30 bits per heavy atom. The van der Waals surface area contributed by atoms with Crippen LogP contribution in [0.5, 0.6) is 5.75 Å². The molecule has 4 nitrogen and oxygen atoms in total. The van der Waals surface area contributed by atoms with Gasteiger partial charge in [-0.15, -0.1) is 0 Å². The summed E-state index contributed by atoms with van der Waals surface area (Å²) in [4.78, 5) is 12.0. The first kappa shape index (κ1) is 16.5. The van der Waals surface area contributed by atoms with Crippen LogP contribution in [-0.4, -0.2) is 32.3 Å². The van der Waals surface area contributed by atoms with Crippen LogP contribution < -0.4 is 10.1 Å². The van der Waals surface area contributed by atoms with Crippen LogP contribution >= 0.6 is 0 Å². The standard InChI is InChI=1S/C16H25NO3/c1-5-13-7-8-14(16(18)17-12(2)3)11-15(13)20-10-6-9-19-4/h7-8,11-12H,5-6,9-10H2,1-4H3,(H,17,18). The minimum atomic E-state index is -0.0654. The molecule has 0 aliphatic rings.